The number of piperidine rings is 1. The Morgan fingerprint density at radius 2 is 1.94 bits per heavy atom. The van der Waals surface area contributed by atoms with Gasteiger partial charge in [-0.2, -0.15) is 0 Å². The molecule has 2 fully saturated rings. The quantitative estimate of drug-likeness (QED) is 0.883. The first-order chi connectivity index (χ1) is 8.66. The summed E-state index contributed by atoms with van der Waals surface area (Å²) in [5, 5.41) is 9.04. The largest absolute Gasteiger partial charge is 0.481 e. The maximum atomic E-state index is 11.0. The van der Waals surface area contributed by atoms with Crippen LogP contribution in [0.2, 0.25) is 0 Å². The highest BCUT2D eigenvalue weighted by Gasteiger charge is 2.58. The predicted octanol–water partition coefficient (Wildman–Crippen LogP) is 2.09. The smallest absolute Gasteiger partial charge is 0.306 e. The molecule has 1 aromatic carbocycles. The van der Waals surface area contributed by atoms with E-state index in [2.05, 4.69) is 29.2 Å². The molecule has 1 N–H and O–H groups in total. The average Bonchev–Trinajstić information content (AvgIpc) is 2.86. The SMILES string of the molecule is C[C@@H](C(=O)O)C1[C@H]2CN(Cc3ccccc3)C[C@@H]12. The molecule has 3 heteroatoms. The third-order valence-electron chi connectivity index (χ3n) is 4.55. The van der Waals surface area contributed by atoms with Crippen LogP contribution in [-0.4, -0.2) is 29.1 Å². The Labute approximate surface area is 107 Å². The fourth-order valence-electron chi connectivity index (χ4n) is 3.54. The second-order valence-corrected chi connectivity index (χ2v) is 5.71. The van der Waals surface area contributed by atoms with Crippen molar-refractivity contribution in [3.05, 3.63) is 35.9 Å². The standard InChI is InChI=1S/C15H19NO2/c1-10(15(17)18)14-12-8-16(9-13(12)14)7-11-5-3-2-4-6-11/h2-6,10,12-14H,7-9H2,1H3,(H,17,18)/t10-,12-,13+,14?/m1/s1. The first-order valence-corrected chi connectivity index (χ1v) is 6.66. The van der Waals surface area contributed by atoms with E-state index in [-0.39, 0.29) is 5.92 Å². The van der Waals surface area contributed by atoms with Gasteiger partial charge in [0.05, 0.1) is 5.92 Å². The van der Waals surface area contributed by atoms with Gasteiger partial charge in [-0.1, -0.05) is 37.3 Å². The minimum absolute atomic E-state index is 0.168. The summed E-state index contributed by atoms with van der Waals surface area (Å²) in [6.07, 6.45) is 0. The molecule has 1 aliphatic carbocycles. The van der Waals surface area contributed by atoms with Gasteiger partial charge in [-0.3, -0.25) is 9.69 Å². The van der Waals surface area contributed by atoms with Crippen LogP contribution in [0.4, 0.5) is 0 Å². The summed E-state index contributed by atoms with van der Waals surface area (Å²) in [4.78, 5) is 13.4. The van der Waals surface area contributed by atoms with Crippen LogP contribution in [0.15, 0.2) is 30.3 Å². The lowest BCUT2D eigenvalue weighted by molar-refractivity contribution is -0.142. The zero-order chi connectivity index (χ0) is 12.7. The van der Waals surface area contributed by atoms with Crippen molar-refractivity contribution in [1.29, 1.82) is 0 Å². The van der Waals surface area contributed by atoms with Crippen LogP contribution in [0.1, 0.15) is 12.5 Å². The van der Waals surface area contributed by atoms with Crippen molar-refractivity contribution in [2.45, 2.75) is 13.5 Å². The number of hydrogen-bond acceptors (Lipinski definition) is 2. The van der Waals surface area contributed by atoms with Crippen LogP contribution in [0.5, 0.6) is 0 Å². The van der Waals surface area contributed by atoms with Crippen LogP contribution in [-0.2, 0) is 11.3 Å². The summed E-state index contributed by atoms with van der Waals surface area (Å²) in [6.45, 7) is 5.00. The first-order valence-electron chi connectivity index (χ1n) is 6.66. The highest BCUT2D eigenvalue weighted by atomic mass is 16.4. The number of carbonyl (C=O) groups is 1. The van der Waals surface area contributed by atoms with Gasteiger partial charge in [0.25, 0.3) is 0 Å². The van der Waals surface area contributed by atoms with Crippen LogP contribution in [0.25, 0.3) is 0 Å². The minimum atomic E-state index is -0.635. The van der Waals surface area contributed by atoms with Gasteiger partial charge in [-0.15, -0.1) is 0 Å². The Morgan fingerprint density at radius 1 is 1.33 bits per heavy atom. The molecule has 3 nitrogen and oxygen atoms in total. The van der Waals surface area contributed by atoms with E-state index in [0.29, 0.717) is 17.8 Å². The van der Waals surface area contributed by atoms with E-state index in [1.54, 1.807) is 0 Å². The number of hydrogen-bond donors (Lipinski definition) is 1. The third kappa shape index (κ3) is 2.03. The third-order valence-corrected chi connectivity index (χ3v) is 4.55. The van der Waals surface area contributed by atoms with Crippen molar-refractivity contribution in [1.82, 2.24) is 4.90 Å². The van der Waals surface area contributed by atoms with Gasteiger partial charge in [0.1, 0.15) is 0 Å². The molecule has 1 saturated heterocycles. The Kier molecular flexibility index (Phi) is 2.86. The Hall–Kier alpha value is -1.35. The number of likely N-dealkylation sites (tertiary alicyclic amines) is 1. The van der Waals surface area contributed by atoms with Crippen molar-refractivity contribution < 1.29 is 9.90 Å². The first kappa shape index (κ1) is 11.7. The molecule has 1 saturated carbocycles. The molecule has 4 atom stereocenters. The van der Waals surface area contributed by atoms with E-state index in [1.807, 2.05) is 13.0 Å². The molecule has 96 valence electrons. The normalized spacial score (nSPS) is 31.9. The van der Waals surface area contributed by atoms with Crippen LogP contribution < -0.4 is 0 Å². The van der Waals surface area contributed by atoms with Gasteiger partial charge < -0.3 is 5.11 Å². The maximum Gasteiger partial charge on any atom is 0.306 e. The number of nitrogens with zero attached hydrogens (tertiary/aromatic N) is 1. The number of fused-ring (bicyclic) bond motifs is 1. The molecule has 0 aromatic heterocycles. The zero-order valence-corrected chi connectivity index (χ0v) is 10.6. The monoisotopic (exact) mass is 245 g/mol. The minimum Gasteiger partial charge on any atom is -0.481 e. The van der Waals surface area contributed by atoms with Gasteiger partial charge in [-0.05, 0) is 23.3 Å². The maximum absolute atomic E-state index is 11.0. The van der Waals surface area contributed by atoms with Crippen molar-refractivity contribution in [3.8, 4) is 0 Å². The van der Waals surface area contributed by atoms with E-state index in [1.165, 1.54) is 5.56 Å². The van der Waals surface area contributed by atoms with E-state index in [9.17, 15) is 4.79 Å². The van der Waals surface area contributed by atoms with Crippen LogP contribution in [0, 0.1) is 23.7 Å². The molecule has 1 heterocycles. The highest BCUT2D eigenvalue weighted by Crippen LogP contribution is 2.55. The molecule has 0 radical (unpaired) electrons. The molecule has 0 amide bonds. The lowest BCUT2D eigenvalue weighted by atomic mass is 10.0. The number of carboxylic acid groups (broad SMARTS) is 1. The number of carboxylic acids is 1. The predicted molar refractivity (Wildman–Crippen MR) is 69.0 cm³/mol. The molecule has 2 aliphatic rings. The Bertz CT molecular complexity index is 433. The molecular formula is C15H19NO2. The second kappa shape index (κ2) is 4.39. The number of rotatable bonds is 4. The van der Waals surface area contributed by atoms with E-state index >= 15 is 0 Å². The topological polar surface area (TPSA) is 40.5 Å². The Balaban J connectivity index is 1.54. The summed E-state index contributed by atoms with van der Waals surface area (Å²) < 4.78 is 0. The molecule has 0 spiro atoms. The summed E-state index contributed by atoms with van der Waals surface area (Å²) in [5.41, 5.74) is 1.35. The molecule has 3 rings (SSSR count). The second-order valence-electron chi connectivity index (χ2n) is 5.71. The number of aliphatic carboxylic acids is 1. The lowest BCUT2D eigenvalue weighted by Crippen LogP contribution is -2.27. The van der Waals surface area contributed by atoms with Gasteiger partial charge in [0.15, 0.2) is 0 Å². The lowest BCUT2D eigenvalue weighted by Gasteiger charge is -2.20. The molecular weight excluding hydrogens is 226 g/mol. The van der Waals surface area contributed by atoms with E-state index in [0.717, 1.165) is 19.6 Å². The van der Waals surface area contributed by atoms with Crippen molar-refractivity contribution in [2.24, 2.45) is 23.7 Å². The van der Waals surface area contributed by atoms with E-state index in [4.69, 9.17) is 5.11 Å². The van der Waals surface area contributed by atoms with Crippen molar-refractivity contribution in [3.63, 3.8) is 0 Å². The zero-order valence-electron chi connectivity index (χ0n) is 10.6. The highest BCUT2D eigenvalue weighted by molar-refractivity contribution is 5.70. The molecule has 18 heavy (non-hydrogen) atoms. The average molecular weight is 245 g/mol. The Morgan fingerprint density at radius 3 is 2.50 bits per heavy atom. The summed E-state index contributed by atoms with van der Waals surface area (Å²) in [6, 6.07) is 10.5. The van der Waals surface area contributed by atoms with Gasteiger partial charge in [0.2, 0.25) is 0 Å². The van der Waals surface area contributed by atoms with Crippen molar-refractivity contribution >= 4 is 5.97 Å². The van der Waals surface area contributed by atoms with Crippen LogP contribution in [0.3, 0.4) is 0 Å². The fourth-order valence-corrected chi connectivity index (χ4v) is 3.54. The van der Waals surface area contributed by atoms with Crippen LogP contribution >= 0.6 is 0 Å². The summed E-state index contributed by atoms with van der Waals surface area (Å²) >= 11 is 0. The van der Waals surface area contributed by atoms with Gasteiger partial charge >= 0.3 is 5.97 Å². The van der Waals surface area contributed by atoms with Gasteiger partial charge in [-0.25, -0.2) is 0 Å². The summed E-state index contributed by atoms with van der Waals surface area (Å²) in [7, 11) is 0. The molecule has 1 aliphatic heterocycles. The molecule has 1 unspecified atom stereocenters. The van der Waals surface area contributed by atoms with Gasteiger partial charge in [0, 0.05) is 19.6 Å². The summed E-state index contributed by atoms with van der Waals surface area (Å²) in [5.74, 6) is 0.872. The molecule has 0 bridgehead atoms. The van der Waals surface area contributed by atoms with Crippen molar-refractivity contribution in [2.75, 3.05) is 13.1 Å². The molecule has 1 aromatic rings. The number of benzene rings is 1. The van der Waals surface area contributed by atoms with E-state index < -0.39 is 5.97 Å². The fraction of sp³-hybridized carbons (Fsp3) is 0.533.